The second-order valence-electron chi connectivity index (χ2n) is 7.21. The molecule has 2 heterocycles. The quantitative estimate of drug-likeness (QED) is 0.696. The molecule has 30 heavy (non-hydrogen) atoms. The van der Waals surface area contributed by atoms with E-state index in [1.54, 1.807) is 19.1 Å². The number of rotatable bonds is 4. The van der Waals surface area contributed by atoms with Crippen LogP contribution >= 0.6 is 0 Å². The first kappa shape index (κ1) is 19.4. The molecular weight excluding hydrogens is 380 g/mol. The Balaban J connectivity index is 1.68. The predicted molar refractivity (Wildman–Crippen MR) is 115 cm³/mol. The van der Waals surface area contributed by atoms with Crippen molar-refractivity contribution in [3.63, 3.8) is 0 Å². The van der Waals surface area contributed by atoms with E-state index in [1.165, 1.54) is 4.90 Å². The molecule has 0 bridgehead atoms. The Morgan fingerprint density at radius 1 is 1.10 bits per heavy atom. The Morgan fingerprint density at radius 2 is 1.80 bits per heavy atom. The molecule has 4 rings (SSSR count). The fourth-order valence-corrected chi connectivity index (χ4v) is 3.34. The summed E-state index contributed by atoms with van der Waals surface area (Å²) in [7, 11) is 0. The molecule has 152 valence electrons. The second kappa shape index (κ2) is 7.87. The van der Waals surface area contributed by atoms with Gasteiger partial charge in [0.15, 0.2) is 11.6 Å². The Kier molecular flexibility index (Phi) is 5.10. The smallest absolute Gasteiger partial charge is 0.274 e. The number of amides is 2. The van der Waals surface area contributed by atoms with Crippen molar-refractivity contribution in [2.75, 3.05) is 16.0 Å². The molecule has 1 aliphatic rings. The van der Waals surface area contributed by atoms with Crippen molar-refractivity contribution < 1.29 is 14.3 Å². The molecule has 0 radical (unpaired) electrons. The zero-order valence-corrected chi connectivity index (χ0v) is 16.7. The van der Waals surface area contributed by atoms with Crippen LogP contribution in [0, 0.1) is 6.92 Å². The van der Waals surface area contributed by atoms with E-state index in [-0.39, 0.29) is 23.5 Å². The number of aryl methyl sites for hydroxylation is 1. The van der Waals surface area contributed by atoms with E-state index in [2.05, 4.69) is 10.3 Å². The molecule has 0 aliphatic carbocycles. The standard InChI is InChI=1S/C23H22N4O3/c1-14-8-10-17(11-9-14)25-22(28)15(2)27-21-18(12-13-19(24)26-21)30-20(23(27)29)16-6-4-3-5-7-16/h3-13,15,20H,1-2H3,(H2,24,26)(H,25,28). The van der Waals surface area contributed by atoms with Crippen molar-refractivity contribution in [3.8, 4) is 5.75 Å². The van der Waals surface area contributed by atoms with Gasteiger partial charge in [0, 0.05) is 11.3 Å². The van der Waals surface area contributed by atoms with Crippen LogP contribution < -0.4 is 20.7 Å². The lowest BCUT2D eigenvalue weighted by Crippen LogP contribution is -2.51. The number of nitrogens with zero attached hydrogens (tertiary/aromatic N) is 2. The van der Waals surface area contributed by atoms with E-state index in [0.717, 1.165) is 5.56 Å². The van der Waals surface area contributed by atoms with Crippen molar-refractivity contribution in [2.24, 2.45) is 0 Å². The van der Waals surface area contributed by atoms with E-state index >= 15 is 0 Å². The lowest BCUT2D eigenvalue weighted by molar-refractivity contribution is -0.129. The van der Waals surface area contributed by atoms with Crippen LogP contribution in [-0.4, -0.2) is 22.8 Å². The zero-order chi connectivity index (χ0) is 21.3. The third-order valence-electron chi connectivity index (χ3n) is 4.98. The van der Waals surface area contributed by atoms with Gasteiger partial charge in [-0.2, -0.15) is 0 Å². The normalized spacial score (nSPS) is 16.4. The first-order valence-corrected chi connectivity index (χ1v) is 9.63. The van der Waals surface area contributed by atoms with Gasteiger partial charge in [-0.25, -0.2) is 4.98 Å². The minimum atomic E-state index is -0.876. The molecule has 0 saturated heterocycles. The van der Waals surface area contributed by atoms with Crippen LogP contribution in [0.4, 0.5) is 17.3 Å². The van der Waals surface area contributed by atoms with E-state index in [0.29, 0.717) is 17.0 Å². The highest BCUT2D eigenvalue weighted by Crippen LogP contribution is 2.39. The van der Waals surface area contributed by atoms with Gasteiger partial charge in [0.25, 0.3) is 5.91 Å². The molecule has 0 spiro atoms. The molecule has 1 aromatic heterocycles. The van der Waals surface area contributed by atoms with Gasteiger partial charge in [-0.1, -0.05) is 48.0 Å². The third kappa shape index (κ3) is 3.69. The van der Waals surface area contributed by atoms with Gasteiger partial charge in [-0.05, 0) is 38.1 Å². The van der Waals surface area contributed by atoms with Crippen LogP contribution in [0.2, 0.25) is 0 Å². The third-order valence-corrected chi connectivity index (χ3v) is 4.98. The molecule has 0 fully saturated rings. The molecule has 1 aliphatic heterocycles. The molecule has 3 N–H and O–H groups in total. The van der Waals surface area contributed by atoms with Gasteiger partial charge in [-0.15, -0.1) is 0 Å². The maximum absolute atomic E-state index is 13.4. The number of pyridine rings is 1. The number of aromatic nitrogens is 1. The molecule has 2 aromatic carbocycles. The summed E-state index contributed by atoms with van der Waals surface area (Å²) in [6, 6.07) is 19.0. The molecule has 2 amide bonds. The number of fused-ring (bicyclic) bond motifs is 1. The Bertz CT molecular complexity index is 1080. The molecular formula is C23H22N4O3. The highest BCUT2D eigenvalue weighted by molar-refractivity contribution is 6.07. The fraction of sp³-hybridized carbons (Fsp3) is 0.174. The summed E-state index contributed by atoms with van der Waals surface area (Å²) in [5.74, 6) is 0.153. The van der Waals surface area contributed by atoms with Gasteiger partial charge in [0.2, 0.25) is 12.0 Å². The van der Waals surface area contributed by atoms with Crippen molar-refractivity contribution >= 4 is 29.1 Å². The molecule has 3 aromatic rings. The van der Waals surface area contributed by atoms with Crippen LogP contribution in [0.3, 0.4) is 0 Å². The van der Waals surface area contributed by atoms with Crippen LogP contribution in [-0.2, 0) is 9.59 Å². The number of hydrogen-bond donors (Lipinski definition) is 2. The van der Waals surface area contributed by atoms with Crippen molar-refractivity contribution in [3.05, 3.63) is 77.9 Å². The van der Waals surface area contributed by atoms with Gasteiger partial charge in [0.05, 0.1) is 0 Å². The summed E-state index contributed by atoms with van der Waals surface area (Å²) >= 11 is 0. The maximum atomic E-state index is 13.4. The van der Waals surface area contributed by atoms with E-state index in [1.807, 2.05) is 61.5 Å². The van der Waals surface area contributed by atoms with Crippen molar-refractivity contribution in [2.45, 2.75) is 26.0 Å². The Labute approximate surface area is 174 Å². The van der Waals surface area contributed by atoms with E-state index in [9.17, 15) is 9.59 Å². The van der Waals surface area contributed by atoms with Crippen LogP contribution in [0.15, 0.2) is 66.7 Å². The number of nitrogens with two attached hydrogens (primary N) is 1. The van der Waals surface area contributed by atoms with Crippen molar-refractivity contribution in [1.29, 1.82) is 0 Å². The number of anilines is 3. The van der Waals surface area contributed by atoms with Crippen LogP contribution in [0.5, 0.6) is 5.75 Å². The molecule has 2 unspecified atom stereocenters. The highest BCUT2D eigenvalue weighted by Gasteiger charge is 2.41. The number of carbonyl (C=O) groups is 2. The highest BCUT2D eigenvalue weighted by atomic mass is 16.5. The lowest BCUT2D eigenvalue weighted by Gasteiger charge is -2.36. The first-order valence-electron chi connectivity index (χ1n) is 9.63. The Hall–Kier alpha value is -3.87. The maximum Gasteiger partial charge on any atom is 0.274 e. The van der Waals surface area contributed by atoms with E-state index < -0.39 is 12.1 Å². The van der Waals surface area contributed by atoms with Gasteiger partial charge in [0.1, 0.15) is 11.9 Å². The number of ether oxygens (including phenoxy) is 1. The SMILES string of the molecule is Cc1ccc(NC(=O)C(C)N2C(=O)C(c3ccccc3)Oc3ccc(N)nc32)cc1. The van der Waals surface area contributed by atoms with Crippen LogP contribution in [0.25, 0.3) is 0 Å². The van der Waals surface area contributed by atoms with Gasteiger partial charge < -0.3 is 15.8 Å². The topological polar surface area (TPSA) is 97.5 Å². The summed E-state index contributed by atoms with van der Waals surface area (Å²) in [6.07, 6.45) is -0.876. The first-order chi connectivity index (χ1) is 14.4. The molecule has 7 heteroatoms. The lowest BCUT2D eigenvalue weighted by atomic mass is 10.0. The van der Waals surface area contributed by atoms with Crippen molar-refractivity contribution in [1.82, 2.24) is 4.98 Å². The Morgan fingerprint density at radius 3 is 2.50 bits per heavy atom. The summed E-state index contributed by atoms with van der Waals surface area (Å²) < 4.78 is 5.94. The summed E-state index contributed by atoms with van der Waals surface area (Å²) in [5, 5.41) is 2.85. The summed E-state index contributed by atoms with van der Waals surface area (Å²) in [4.78, 5) is 32.0. The van der Waals surface area contributed by atoms with Crippen LogP contribution in [0.1, 0.15) is 24.2 Å². The number of hydrogen-bond acceptors (Lipinski definition) is 5. The second-order valence-corrected chi connectivity index (χ2v) is 7.21. The number of carbonyl (C=O) groups excluding carboxylic acids is 2. The minimum absolute atomic E-state index is 0.235. The average Bonchev–Trinajstić information content (AvgIpc) is 2.75. The summed E-state index contributed by atoms with van der Waals surface area (Å²) in [6.45, 7) is 3.63. The molecule has 7 nitrogen and oxygen atoms in total. The number of nitrogen functional groups attached to an aromatic ring is 1. The fourth-order valence-electron chi connectivity index (χ4n) is 3.34. The monoisotopic (exact) mass is 402 g/mol. The predicted octanol–water partition coefficient (Wildman–Crippen LogP) is 3.47. The number of nitrogens with one attached hydrogen (secondary N) is 1. The zero-order valence-electron chi connectivity index (χ0n) is 16.7. The van der Waals surface area contributed by atoms with Gasteiger partial charge >= 0.3 is 0 Å². The summed E-state index contributed by atoms with van der Waals surface area (Å²) in [5.41, 5.74) is 8.28. The molecule has 0 saturated carbocycles. The minimum Gasteiger partial charge on any atom is -0.472 e. The van der Waals surface area contributed by atoms with Gasteiger partial charge in [-0.3, -0.25) is 14.5 Å². The largest absolute Gasteiger partial charge is 0.472 e. The molecule has 2 atom stereocenters. The average molecular weight is 402 g/mol. The number of benzene rings is 2. The van der Waals surface area contributed by atoms with E-state index in [4.69, 9.17) is 10.5 Å².